The number of ether oxygens (including phenoxy) is 3. The first-order chi connectivity index (χ1) is 12.1. The highest BCUT2D eigenvalue weighted by Crippen LogP contribution is 2.31. The van der Waals surface area contributed by atoms with Crippen molar-refractivity contribution < 1.29 is 23.8 Å². The summed E-state index contributed by atoms with van der Waals surface area (Å²) in [6.45, 7) is 8.22. The van der Waals surface area contributed by atoms with Crippen LogP contribution in [0.25, 0.3) is 0 Å². The molecule has 0 radical (unpaired) electrons. The van der Waals surface area contributed by atoms with E-state index < -0.39 is 12.1 Å². The minimum Gasteiger partial charge on any atom is -0.465 e. The Kier molecular flexibility index (Phi) is 7.35. The summed E-state index contributed by atoms with van der Waals surface area (Å²) in [4.78, 5) is 31.0. The minimum absolute atomic E-state index is 0.197. The fraction of sp³-hybridized carbons (Fsp3) is 0.562. The van der Waals surface area contributed by atoms with E-state index in [0.29, 0.717) is 44.5 Å². The molecule has 1 atom stereocenters. The van der Waals surface area contributed by atoms with Crippen LogP contribution in [-0.4, -0.2) is 63.0 Å². The molecule has 9 heteroatoms. The van der Waals surface area contributed by atoms with Crippen molar-refractivity contribution in [1.82, 2.24) is 4.98 Å². The maximum Gasteiger partial charge on any atom is 0.352 e. The molecule has 0 spiro atoms. The average molecular weight is 369 g/mol. The van der Waals surface area contributed by atoms with Gasteiger partial charge in [0.05, 0.1) is 26.9 Å². The lowest BCUT2D eigenvalue weighted by molar-refractivity contribution is -0.126. The van der Waals surface area contributed by atoms with Crippen molar-refractivity contribution in [3.8, 4) is 0 Å². The summed E-state index contributed by atoms with van der Waals surface area (Å²) in [7, 11) is 1.29. The largest absolute Gasteiger partial charge is 0.465 e. The van der Waals surface area contributed by atoms with Crippen molar-refractivity contribution in [3.63, 3.8) is 0 Å². The fourth-order valence-corrected chi connectivity index (χ4v) is 3.13. The maximum absolute atomic E-state index is 12.3. The van der Waals surface area contributed by atoms with E-state index in [4.69, 9.17) is 14.2 Å². The number of esters is 1. The Hall–Kier alpha value is -1.97. The number of methoxy groups -OCH3 is 1. The van der Waals surface area contributed by atoms with Gasteiger partial charge < -0.3 is 24.4 Å². The second kappa shape index (κ2) is 9.50. The van der Waals surface area contributed by atoms with Crippen molar-refractivity contribution in [1.29, 1.82) is 0 Å². The molecule has 2 rings (SSSR count). The molecule has 1 amide bonds. The molecule has 1 aliphatic heterocycles. The highest BCUT2D eigenvalue weighted by Gasteiger charge is 2.25. The molecule has 0 saturated carbocycles. The van der Waals surface area contributed by atoms with Gasteiger partial charge in [0.15, 0.2) is 15.8 Å². The van der Waals surface area contributed by atoms with Crippen molar-refractivity contribution in [3.05, 3.63) is 17.5 Å². The summed E-state index contributed by atoms with van der Waals surface area (Å²) >= 11 is 1.19. The van der Waals surface area contributed by atoms with Crippen LogP contribution in [0.3, 0.4) is 0 Å². The molecule has 1 aromatic heterocycles. The van der Waals surface area contributed by atoms with Gasteiger partial charge in [0.2, 0.25) is 0 Å². The lowest BCUT2D eigenvalue weighted by Crippen LogP contribution is -2.36. The molecule has 8 nitrogen and oxygen atoms in total. The van der Waals surface area contributed by atoms with Gasteiger partial charge in [-0.25, -0.2) is 9.78 Å². The smallest absolute Gasteiger partial charge is 0.352 e. The first-order valence-electron chi connectivity index (χ1n) is 8.02. The SMILES string of the molecule is C=CCCOC(C)C(=O)Nc1nc(N2CCOCC2)sc1C(=O)OC. The molecule has 1 fully saturated rings. The number of hydrogen-bond donors (Lipinski definition) is 1. The summed E-state index contributed by atoms with van der Waals surface area (Å²) in [6, 6.07) is 0. The van der Waals surface area contributed by atoms with E-state index in [1.807, 2.05) is 4.90 Å². The first-order valence-corrected chi connectivity index (χ1v) is 8.83. The van der Waals surface area contributed by atoms with Crippen LogP contribution in [-0.2, 0) is 19.0 Å². The summed E-state index contributed by atoms with van der Waals surface area (Å²) in [5.74, 6) is -0.705. The van der Waals surface area contributed by atoms with Gasteiger partial charge in [-0.1, -0.05) is 17.4 Å². The van der Waals surface area contributed by atoms with Crippen LogP contribution in [0.1, 0.15) is 23.0 Å². The van der Waals surface area contributed by atoms with Gasteiger partial charge in [0.1, 0.15) is 6.10 Å². The number of aromatic nitrogens is 1. The van der Waals surface area contributed by atoms with Crippen LogP contribution < -0.4 is 10.2 Å². The Morgan fingerprint density at radius 1 is 1.48 bits per heavy atom. The minimum atomic E-state index is -0.668. The fourth-order valence-electron chi connectivity index (χ4n) is 2.14. The number of hydrogen-bond acceptors (Lipinski definition) is 8. The number of rotatable bonds is 8. The average Bonchev–Trinajstić information content (AvgIpc) is 3.05. The molecule has 1 aromatic rings. The van der Waals surface area contributed by atoms with E-state index in [2.05, 4.69) is 16.9 Å². The predicted molar refractivity (Wildman–Crippen MR) is 95.3 cm³/mol. The van der Waals surface area contributed by atoms with Gasteiger partial charge in [-0.3, -0.25) is 4.79 Å². The number of carbonyl (C=O) groups excluding carboxylic acids is 2. The molecule has 138 valence electrons. The highest BCUT2D eigenvalue weighted by molar-refractivity contribution is 7.18. The molecular weight excluding hydrogens is 346 g/mol. The quantitative estimate of drug-likeness (QED) is 0.424. The van der Waals surface area contributed by atoms with Gasteiger partial charge in [-0.2, -0.15) is 0 Å². The Morgan fingerprint density at radius 3 is 2.84 bits per heavy atom. The zero-order valence-electron chi connectivity index (χ0n) is 14.4. The Balaban J connectivity index is 2.11. The number of nitrogens with zero attached hydrogens (tertiary/aromatic N) is 2. The zero-order valence-corrected chi connectivity index (χ0v) is 15.3. The monoisotopic (exact) mass is 369 g/mol. The molecule has 0 aromatic carbocycles. The summed E-state index contributed by atoms with van der Waals surface area (Å²) in [5, 5.41) is 3.31. The van der Waals surface area contributed by atoms with E-state index in [9.17, 15) is 9.59 Å². The second-order valence-electron chi connectivity index (χ2n) is 5.34. The van der Waals surface area contributed by atoms with Crippen LogP contribution in [0.15, 0.2) is 12.7 Å². The van der Waals surface area contributed by atoms with Crippen molar-refractivity contribution in [2.24, 2.45) is 0 Å². The topological polar surface area (TPSA) is 90.0 Å². The van der Waals surface area contributed by atoms with Gasteiger partial charge >= 0.3 is 5.97 Å². The van der Waals surface area contributed by atoms with Crippen molar-refractivity contribution >= 4 is 34.2 Å². The van der Waals surface area contributed by atoms with Gasteiger partial charge in [0.25, 0.3) is 5.91 Å². The van der Waals surface area contributed by atoms with Gasteiger partial charge in [0, 0.05) is 13.1 Å². The molecule has 25 heavy (non-hydrogen) atoms. The van der Waals surface area contributed by atoms with E-state index >= 15 is 0 Å². The molecule has 0 bridgehead atoms. The summed E-state index contributed by atoms with van der Waals surface area (Å²) in [6.07, 6.45) is 1.71. The van der Waals surface area contributed by atoms with Crippen LogP contribution in [0.2, 0.25) is 0 Å². The van der Waals surface area contributed by atoms with Crippen LogP contribution in [0.4, 0.5) is 10.9 Å². The van der Waals surface area contributed by atoms with E-state index in [0.717, 1.165) is 0 Å². The van der Waals surface area contributed by atoms with E-state index in [1.165, 1.54) is 18.4 Å². The molecule has 0 aliphatic carbocycles. The number of carbonyl (C=O) groups is 2. The number of anilines is 2. The molecule has 1 unspecified atom stereocenters. The molecule has 1 saturated heterocycles. The third-order valence-corrected chi connectivity index (χ3v) is 4.67. The highest BCUT2D eigenvalue weighted by atomic mass is 32.1. The van der Waals surface area contributed by atoms with Crippen LogP contribution in [0, 0.1) is 0 Å². The lowest BCUT2D eigenvalue weighted by atomic mass is 10.3. The predicted octanol–water partition coefficient (Wildman–Crippen LogP) is 1.69. The third kappa shape index (κ3) is 5.25. The van der Waals surface area contributed by atoms with Crippen molar-refractivity contribution in [2.45, 2.75) is 19.4 Å². The number of nitrogens with one attached hydrogen (secondary N) is 1. The second-order valence-corrected chi connectivity index (χ2v) is 6.32. The zero-order chi connectivity index (χ0) is 18.2. The molecule has 1 N–H and O–H groups in total. The normalized spacial score (nSPS) is 15.5. The number of morpholine rings is 1. The standard InChI is InChI=1S/C16H23N3O5S/c1-4-5-8-24-11(2)14(20)17-13-12(15(21)22-3)25-16(18-13)19-6-9-23-10-7-19/h4,11H,1,5-10H2,2-3H3,(H,17,20). The Labute approximate surface area is 150 Å². The third-order valence-electron chi connectivity index (χ3n) is 3.57. The number of amides is 1. The summed E-state index contributed by atoms with van der Waals surface area (Å²) in [5.41, 5.74) is 0. The molecule has 2 heterocycles. The van der Waals surface area contributed by atoms with E-state index in [1.54, 1.807) is 13.0 Å². The molecule has 1 aliphatic rings. The molecular formula is C16H23N3O5S. The Morgan fingerprint density at radius 2 is 2.20 bits per heavy atom. The van der Waals surface area contributed by atoms with E-state index in [-0.39, 0.29) is 16.6 Å². The lowest BCUT2D eigenvalue weighted by Gasteiger charge is -2.25. The maximum atomic E-state index is 12.3. The first kappa shape index (κ1) is 19.4. The number of thiazole rings is 1. The van der Waals surface area contributed by atoms with Crippen molar-refractivity contribution in [2.75, 3.05) is 50.2 Å². The van der Waals surface area contributed by atoms with Gasteiger partial charge in [-0.05, 0) is 13.3 Å². The van der Waals surface area contributed by atoms with Crippen LogP contribution >= 0.6 is 11.3 Å². The summed E-state index contributed by atoms with van der Waals surface area (Å²) < 4.78 is 15.5. The Bertz CT molecular complexity index is 613. The van der Waals surface area contributed by atoms with Crippen LogP contribution in [0.5, 0.6) is 0 Å². The van der Waals surface area contributed by atoms with Gasteiger partial charge in [-0.15, -0.1) is 6.58 Å².